The van der Waals surface area contributed by atoms with Gasteiger partial charge >= 0.3 is 0 Å². The van der Waals surface area contributed by atoms with Gasteiger partial charge in [-0.25, -0.2) is 0 Å². The Morgan fingerprint density at radius 2 is 1.65 bits per heavy atom. The fourth-order valence-electron chi connectivity index (χ4n) is 3.50. The highest BCUT2D eigenvalue weighted by atomic mass is 16.5. The Balaban J connectivity index is 2.35. The summed E-state index contributed by atoms with van der Waals surface area (Å²) >= 11 is 0. The average Bonchev–Trinajstić information content (AvgIpc) is 3.06. The molecule has 2 aromatic rings. The molecule has 0 atom stereocenters. The number of rotatable bonds is 5. The minimum absolute atomic E-state index is 0.104. The summed E-state index contributed by atoms with van der Waals surface area (Å²) in [6.45, 7) is 1.72. The smallest absolute Gasteiger partial charge is 0.205 e. The number of hydrogen-bond acceptors (Lipinski definition) is 5. The minimum atomic E-state index is -0.107. The lowest BCUT2D eigenvalue weighted by atomic mass is 10.0. The summed E-state index contributed by atoms with van der Waals surface area (Å²) < 4.78 is 18.5. The van der Waals surface area contributed by atoms with Crippen LogP contribution in [-0.4, -0.2) is 36.1 Å². The molecule has 0 bridgehead atoms. The first-order chi connectivity index (χ1) is 11.1. The van der Waals surface area contributed by atoms with Crippen LogP contribution in [0.25, 0.3) is 5.69 Å². The van der Waals surface area contributed by atoms with E-state index in [9.17, 15) is 10.2 Å². The molecule has 124 valence electrons. The van der Waals surface area contributed by atoms with E-state index in [1.54, 1.807) is 21.3 Å². The van der Waals surface area contributed by atoms with Crippen LogP contribution in [0, 0.1) is 6.92 Å². The number of aliphatic hydroxyl groups excluding tert-OH is 2. The first-order valence-corrected chi connectivity index (χ1v) is 7.38. The second-order valence-electron chi connectivity index (χ2n) is 5.47. The quantitative estimate of drug-likeness (QED) is 0.749. The van der Waals surface area contributed by atoms with Crippen molar-refractivity contribution in [1.82, 2.24) is 4.57 Å². The van der Waals surface area contributed by atoms with E-state index in [1.165, 1.54) is 0 Å². The normalized spacial score (nSPS) is 12.1. The molecule has 1 aromatic heterocycles. The van der Waals surface area contributed by atoms with Crippen molar-refractivity contribution in [3.05, 3.63) is 34.1 Å². The summed E-state index contributed by atoms with van der Waals surface area (Å²) in [4.78, 5) is 0. The number of methoxy groups -OCH3 is 3. The second-order valence-corrected chi connectivity index (χ2v) is 5.47. The van der Waals surface area contributed by atoms with Gasteiger partial charge in [-0.2, -0.15) is 0 Å². The maximum atomic E-state index is 9.73. The van der Waals surface area contributed by atoms with Crippen molar-refractivity contribution in [3.8, 4) is 22.9 Å². The molecule has 0 aliphatic carbocycles. The largest absolute Gasteiger partial charge is 0.493 e. The number of fused-ring (bicyclic) bond motifs is 3. The SMILES string of the molecule is COc1cc2c(c(OC)c1OC)-n1c(C)c(CO)c(CO)c1C2. The van der Waals surface area contributed by atoms with Crippen LogP contribution in [0.3, 0.4) is 0 Å². The Hall–Kier alpha value is -2.18. The molecular weight excluding hydrogens is 298 g/mol. The standard InChI is InChI=1S/C17H21NO5/c1-9-11(7-19)12(8-20)13-5-10-6-14(21-2)16(22-3)17(23-4)15(10)18(9)13/h6,19-20H,5,7-8H2,1-4H3. The maximum Gasteiger partial charge on any atom is 0.205 e. The Morgan fingerprint density at radius 3 is 2.17 bits per heavy atom. The van der Waals surface area contributed by atoms with Crippen LogP contribution in [0.5, 0.6) is 17.2 Å². The van der Waals surface area contributed by atoms with Gasteiger partial charge in [0.05, 0.1) is 40.2 Å². The van der Waals surface area contributed by atoms with Crippen LogP contribution >= 0.6 is 0 Å². The molecule has 23 heavy (non-hydrogen) atoms. The van der Waals surface area contributed by atoms with Gasteiger partial charge in [0.15, 0.2) is 11.5 Å². The number of aliphatic hydroxyl groups is 2. The number of benzene rings is 1. The molecule has 0 radical (unpaired) electrons. The van der Waals surface area contributed by atoms with Gasteiger partial charge < -0.3 is 29.0 Å². The summed E-state index contributed by atoms with van der Waals surface area (Å²) in [7, 11) is 4.75. The molecule has 0 unspecified atom stereocenters. The molecule has 6 heteroatoms. The number of ether oxygens (including phenoxy) is 3. The molecular formula is C17H21NO5. The van der Waals surface area contributed by atoms with Gasteiger partial charge in [-0.3, -0.25) is 0 Å². The summed E-state index contributed by atoms with van der Waals surface area (Å²) in [5.74, 6) is 1.73. The number of nitrogens with zero attached hydrogens (tertiary/aromatic N) is 1. The van der Waals surface area contributed by atoms with Crippen LogP contribution in [0.15, 0.2) is 6.07 Å². The fourth-order valence-corrected chi connectivity index (χ4v) is 3.50. The zero-order valence-electron chi connectivity index (χ0n) is 13.8. The zero-order valence-corrected chi connectivity index (χ0v) is 13.8. The highest BCUT2D eigenvalue weighted by Gasteiger charge is 2.32. The van der Waals surface area contributed by atoms with E-state index in [0.717, 1.165) is 33.8 Å². The lowest BCUT2D eigenvalue weighted by Gasteiger charge is -2.17. The number of hydrogen-bond donors (Lipinski definition) is 2. The van der Waals surface area contributed by atoms with Crippen LogP contribution in [-0.2, 0) is 19.6 Å². The van der Waals surface area contributed by atoms with Crippen molar-refractivity contribution in [3.63, 3.8) is 0 Å². The molecule has 3 rings (SSSR count). The van der Waals surface area contributed by atoms with E-state index in [2.05, 4.69) is 0 Å². The van der Waals surface area contributed by atoms with Crippen molar-refractivity contribution < 1.29 is 24.4 Å². The van der Waals surface area contributed by atoms with Gasteiger partial charge in [0.2, 0.25) is 5.75 Å². The van der Waals surface area contributed by atoms with E-state index in [-0.39, 0.29) is 13.2 Å². The van der Waals surface area contributed by atoms with Gasteiger partial charge in [-0.15, -0.1) is 0 Å². The molecule has 0 saturated heterocycles. The highest BCUT2D eigenvalue weighted by molar-refractivity contribution is 5.71. The van der Waals surface area contributed by atoms with Crippen molar-refractivity contribution in [1.29, 1.82) is 0 Å². The van der Waals surface area contributed by atoms with Crippen LogP contribution in [0.1, 0.15) is 28.1 Å². The van der Waals surface area contributed by atoms with Crippen LogP contribution in [0.4, 0.5) is 0 Å². The third-order valence-corrected chi connectivity index (χ3v) is 4.54. The Bertz CT molecular complexity index is 763. The topological polar surface area (TPSA) is 73.1 Å². The highest BCUT2D eigenvalue weighted by Crippen LogP contribution is 2.49. The first-order valence-electron chi connectivity index (χ1n) is 7.38. The molecule has 6 nitrogen and oxygen atoms in total. The molecule has 1 aliphatic rings. The van der Waals surface area contributed by atoms with Crippen molar-refractivity contribution >= 4 is 0 Å². The molecule has 0 saturated carbocycles. The van der Waals surface area contributed by atoms with E-state index in [0.29, 0.717) is 23.7 Å². The molecule has 2 N–H and O–H groups in total. The average molecular weight is 319 g/mol. The third kappa shape index (κ3) is 2.02. The van der Waals surface area contributed by atoms with Gasteiger partial charge in [0, 0.05) is 28.9 Å². The predicted molar refractivity (Wildman–Crippen MR) is 84.8 cm³/mol. The van der Waals surface area contributed by atoms with Crippen LogP contribution in [0.2, 0.25) is 0 Å². The minimum Gasteiger partial charge on any atom is -0.493 e. The monoisotopic (exact) mass is 319 g/mol. The van der Waals surface area contributed by atoms with Crippen LogP contribution < -0.4 is 14.2 Å². The predicted octanol–water partition coefficient (Wildman–Crippen LogP) is 1.70. The van der Waals surface area contributed by atoms with E-state index < -0.39 is 0 Å². The van der Waals surface area contributed by atoms with E-state index >= 15 is 0 Å². The Kier molecular flexibility index (Phi) is 3.95. The third-order valence-electron chi connectivity index (χ3n) is 4.54. The summed E-state index contributed by atoms with van der Waals surface area (Å²) in [6.07, 6.45) is 0.642. The second kappa shape index (κ2) is 5.79. The van der Waals surface area contributed by atoms with Crippen molar-refractivity contribution in [2.45, 2.75) is 26.6 Å². The van der Waals surface area contributed by atoms with Gasteiger partial charge in [0.25, 0.3) is 0 Å². The molecule has 0 fully saturated rings. The summed E-state index contributed by atoms with van der Waals surface area (Å²) in [5, 5.41) is 19.4. The van der Waals surface area contributed by atoms with E-state index in [4.69, 9.17) is 14.2 Å². The van der Waals surface area contributed by atoms with Crippen molar-refractivity contribution in [2.75, 3.05) is 21.3 Å². The van der Waals surface area contributed by atoms with E-state index in [1.807, 2.05) is 17.6 Å². The lowest BCUT2D eigenvalue weighted by Crippen LogP contribution is -2.03. The molecule has 0 spiro atoms. The lowest BCUT2D eigenvalue weighted by molar-refractivity contribution is 0.260. The number of aromatic nitrogens is 1. The molecule has 0 amide bonds. The first kappa shape index (κ1) is 15.7. The van der Waals surface area contributed by atoms with Gasteiger partial charge in [-0.05, 0) is 18.6 Å². The van der Waals surface area contributed by atoms with Crippen molar-refractivity contribution in [2.24, 2.45) is 0 Å². The summed E-state index contributed by atoms with van der Waals surface area (Å²) in [6, 6.07) is 1.93. The molecule has 1 aliphatic heterocycles. The summed E-state index contributed by atoms with van der Waals surface area (Å²) in [5.41, 5.74) is 5.34. The van der Waals surface area contributed by atoms with Gasteiger partial charge in [0.1, 0.15) is 0 Å². The maximum absolute atomic E-state index is 9.73. The molecule has 2 heterocycles. The Labute approximate surface area is 134 Å². The Morgan fingerprint density at radius 1 is 1.00 bits per heavy atom. The van der Waals surface area contributed by atoms with Gasteiger partial charge in [-0.1, -0.05) is 0 Å². The zero-order chi connectivity index (χ0) is 16.7. The fraction of sp³-hybridized carbons (Fsp3) is 0.412. The molecule has 1 aromatic carbocycles.